The summed E-state index contributed by atoms with van der Waals surface area (Å²) in [6.07, 6.45) is -3.55. The summed E-state index contributed by atoms with van der Waals surface area (Å²) >= 11 is 0. The molecule has 7 nitrogen and oxygen atoms in total. The van der Waals surface area contributed by atoms with Gasteiger partial charge in [0.1, 0.15) is 5.82 Å². The second-order valence-electron chi connectivity index (χ2n) is 7.21. The van der Waals surface area contributed by atoms with Crippen molar-refractivity contribution in [2.75, 3.05) is 19.6 Å². The Kier molecular flexibility index (Phi) is 6.73. The zero-order chi connectivity index (χ0) is 20.9. The highest BCUT2D eigenvalue weighted by molar-refractivity contribution is 5.80. The number of aliphatic imine (C=N–C) groups is 1. The largest absolute Gasteiger partial charge is 0.401 e. The summed E-state index contributed by atoms with van der Waals surface area (Å²) < 4.78 is 39.8. The predicted molar refractivity (Wildman–Crippen MR) is 104 cm³/mol. The second-order valence-corrected chi connectivity index (χ2v) is 7.21. The summed E-state index contributed by atoms with van der Waals surface area (Å²) in [5, 5.41) is 14.7. The van der Waals surface area contributed by atoms with Gasteiger partial charge < -0.3 is 15.2 Å². The summed E-state index contributed by atoms with van der Waals surface area (Å²) in [5.41, 5.74) is 1.05. The maximum Gasteiger partial charge on any atom is 0.401 e. The van der Waals surface area contributed by atoms with Gasteiger partial charge in [0.25, 0.3) is 0 Å². The van der Waals surface area contributed by atoms with E-state index in [2.05, 4.69) is 25.8 Å². The van der Waals surface area contributed by atoms with Crippen LogP contribution in [-0.2, 0) is 20.1 Å². The molecule has 0 radical (unpaired) electrons. The summed E-state index contributed by atoms with van der Waals surface area (Å²) in [4.78, 5) is 6.02. The van der Waals surface area contributed by atoms with Gasteiger partial charge >= 0.3 is 6.18 Å². The number of hydrogen-bond donors (Lipinski definition) is 2. The van der Waals surface area contributed by atoms with Crippen molar-refractivity contribution in [3.63, 3.8) is 0 Å². The van der Waals surface area contributed by atoms with Crippen molar-refractivity contribution in [1.29, 1.82) is 0 Å². The van der Waals surface area contributed by atoms with E-state index in [0.717, 1.165) is 17.2 Å². The summed E-state index contributed by atoms with van der Waals surface area (Å²) in [6, 6.07) is 9.69. The first-order chi connectivity index (χ1) is 13.8. The highest BCUT2D eigenvalue weighted by Gasteiger charge is 2.34. The molecule has 0 aliphatic carbocycles. The highest BCUT2D eigenvalue weighted by atomic mass is 19.4. The molecule has 1 aromatic heterocycles. The molecule has 1 fully saturated rings. The maximum absolute atomic E-state index is 12.6. The van der Waals surface area contributed by atoms with Crippen molar-refractivity contribution in [2.45, 2.75) is 38.7 Å². The van der Waals surface area contributed by atoms with Gasteiger partial charge in [-0.15, -0.1) is 10.2 Å². The normalized spacial score (nSPS) is 18.2. The van der Waals surface area contributed by atoms with Crippen LogP contribution in [0.5, 0.6) is 0 Å². The molecule has 1 unspecified atom stereocenters. The van der Waals surface area contributed by atoms with Crippen LogP contribution in [0.4, 0.5) is 13.2 Å². The van der Waals surface area contributed by atoms with Gasteiger partial charge in [-0.05, 0) is 18.9 Å². The van der Waals surface area contributed by atoms with Crippen LogP contribution in [0.1, 0.15) is 23.6 Å². The third-order valence-electron chi connectivity index (χ3n) is 4.88. The zero-order valence-electron chi connectivity index (χ0n) is 16.6. The first kappa shape index (κ1) is 21.1. The number of rotatable bonds is 6. The Labute approximate surface area is 168 Å². The first-order valence-corrected chi connectivity index (χ1v) is 9.53. The fourth-order valence-corrected chi connectivity index (χ4v) is 3.22. The average Bonchev–Trinajstić information content (AvgIpc) is 3.23. The van der Waals surface area contributed by atoms with Crippen LogP contribution in [0.15, 0.2) is 35.3 Å². The molecule has 0 amide bonds. The molecule has 1 atom stereocenters. The SMILES string of the molecule is Cc1nnc(CNC(=NCc2ccccc2)NC2CCN(CC(F)(F)F)C2)n1C. The number of nitrogens with one attached hydrogen (secondary N) is 2. The van der Waals surface area contributed by atoms with Gasteiger partial charge in [0.15, 0.2) is 11.8 Å². The standard InChI is InChI=1S/C19H26F3N7/c1-14-26-27-17(28(14)2)11-24-18(23-10-15-6-4-3-5-7-15)25-16-8-9-29(12-16)13-19(20,21)22/h3-7,16H,8-13H2,1-2H3,(H2,23,24,25). The molecule has 1 aliphatic heterocycles. The van der Waals surface area contributed by atoms with E-state index < -0.39 is 12.7 Å². The molecule has 2 heterocycles. The Morgan fingerprint density at radius 1 is 1.24 bits per heavy atom. The van der Waals surface area contributed by atoms with Gasteiger partial charge in [-0.1, -0.05) is 30.3 Å². The number of benzene rings is 1. The number of aromatic nitrogens is 3. The highest BCUT2D eigenvalue weighted by Crippen LogP contribution is 2.20. The molecule has 158 valence electrons. The number of nitrogens with zero attached hydrogens (tertiary/aromatic N) is 5. The lowest BCUT2D eigenvalue weighted by atomic mass is 10.2. The lowest BCUT2D eigenvalue weighted by molar-refractivity contribution is -0.143. The van der Waals surface area contributed by atoms with Crippen LogP contribution in [-0.4, -0.2) is 57.5 Å². The lowest BCUT2D eigenvalue weighted by Gasteiger charge is -2.20. The van der Waals surface area contributed by atoms with Crippen LogP contribution in [0.25, 0.3) is 0 Å². The van der Waals surface area contributed by atoms with Crippen molar-refractivity contribution in [3.05, 3.63) is 47.5 Å². The van der Waals surface area contributed by atoms with E-state index in [1.54, 1.807) is 0 Å². The smallest absolute Gasteiger partial charge is 0.352 e. The van der Waals surface area contributed by atoms with E-state index in [-0.39, 0.29) is 6.04 Å². The molecule has 1 saturated heterocycles. The van der Waals surface area contributed by atoms with Crippen LogP contribution in [0.2, 0.25) is 0 Å². The van der Waals surface area contributed by atoms with Crippen LogP contribution in [0.3, 0.4) is 0 Å². The van der Waals surface area contributed by atoms with Crippen LogP contribution >= 0.6 is 0 Å². The number of guanidine groups is 1. The van der Waals surface area contributed by atoms with Crippen molar-refractivity contribution in [3.8, 4) is 0 Å². The van der Waals surface area contributed by atoms with Crippen molar-refractivity contribution >= 4 is 5.96 Å². The summed E-state index contributed by atoms with van der Waals surface area (Å²) in [5.74, 6) is 2.10. The molecule has 10 heteroatoms. The molecule has 0 bridgehead atoms. The van der Waals surface area contributed by atoms with E-state index in [4.69, 9.17) is 0 Å². The van der Waals surface area contributed by atoms with Crippen LogP contribution in [0, 0.1) is 6.92 Å². The monoisotopic (exact) mass is 409 g/mol. The molecule has 1 aromatic carbocycles. The van der Waals surface area contributed by atoms with Gasteiger partial charge in [-0.3, -0.25) is 4.90 Å². The fraction of sp³-hybridized carbons (Fsp3) is 0.526. The topological polar surface area (TPSA) is 70.4 Å². The molecule has 0 saturated carbocycles. The average molecular weight is 409 g/mol. The number of likely N-dealkylation sites (tertiary alicyclic amines) is 1. The van der Waals surface area contributed by atoms with Gasteiger partial charge in [0.05, 0.1) is 19.6 Å². The van der Waals surface area contributed by atoms with E-state index in [0.29, 0.717) is 38.6 Å². The Balaban J connectivity index is 1.63. The van der Waals surface area contributed by atoms with E-state index in [1.807, 2.05) is 48.9 Å². The molecule has 2 aromatic rings. The first-order valence-electron chi connectivity index (χ1n) is 9.53. The van der Waals surface area contributed by atoms with Crippen molar-refractivity contribution in [1.82, 2.24) is 30.3 Å². The zero-order valence-corrected chi connectivity index (χ0v) is 16.6. The van der Waals surface area contributed by atoms with E-state index in [1.165, 1.54) is 4.90 Å². The lowest BCUT2D eigenvalue weighted by Crippen LogP contribution is -2.45. The van der Waals surface area contributed by atoms with Gasteiger partial charge in [-0.25, -0.2) is 4.99 Å². The van der Waals surface area contributed by atoms with Crippen molar-refractivity contribution in [2.24, 2.45) is 12.0 Å². The summed E-state index contributed by atoms with van der Waals surface area (Å²) in [7, 11) is 1.88. The van der Waals surface area contributed by atoms with Gasteiger partial charge in [0.2, 0.25) is 0 Å². The molecular formula is C19H26F3N7. The summed E-state index contributed by atoms with van der Waals surface area (Å²) in [6.45, 7) is 2.60. The Bertz CT molecular complexity index is 817. The van der Waals surface area contributed by atoms with Crippen molar-refractivity contribution < 1.29 is 13.2 Å². The van der Waals surface area contributed by atoms with E-state index in [9.17, 15) is 13.2 Å². The molecule has 29 heavy (non-hydrogen) atoms. The third kappa shape index (κ3) is 6.45. The number of alkyl halides is 3. The van der Waals surface area contributed by atoms with E-state index >= 15 is 0 Å². The molecule has 2 N–H and O–H groups in total. The second kappa shape index (κ2) is 9.25. The maximum atomic E-state index is 12.6. The Morgan fingerprint density at radius 3 is 2.66 bits per heavy atom. The minimum atomic E-state index is -4.18. The minimum absolute atomic E-state index is 0.0967. The number of aryl methyl sites for hydroxylation is 1. The number of halogens is 3. The quantitative estimate of drug-likeness (QED) is 0.564. The molecule has 3 rings (SSSR count). The number of hydrogen-bond acceptors (Lipinski definition) is 4. The Morgan fingerprint density at radius 2 is 2.00 bits per heavy atom. The molecule has 0 spiro atoms. The van der Waals surface area contributed by atoms with Gasteiger partial charge in [0, 0.05) is 26.2 Å². The van der Waals surface area contributed by atoms with Crippen LogP contribution < -0.4 is 10.6 Å². The third-order valence-corrected chi connectivity index (χ3v) is 4.88. The Hall–Kier alpha value is -2.62. The molecular weight excluding hydrogens is 383 g/mol. The predicted octanol–water partition coefficient (Wildman–Crippen LogP) is 2.00. The molecule has 1 aliphatic rings. The minimum Gasteiger partial charge on any atom is -0.352 e. The fourth-order valence-electron chi connectivity index (χ4n) is 3.22. The van der Waals surface area contributed by atoms with Gasteiger partial charge in [-0.2, -0.15) is 13.2 Å².